The van der Waals surface area contributed by atoms with Gasteiger partial charge in [-0.05, 0) is 61.6 Å². The molecule has 0 aliphatic heterocycles. The number of esters is 1. The first-order valence-electron chi connectivity index (χ1n) is 12.7. The Hall–Kier alpha value is -4.27. The molecule has 0 bridgehead atoms. The molecule has 0 aliphatic rings. The summed E-state index contributed by atoms with van der Waals surface area (Å²) in [5.41, 5.74) is 2.30. The van der Waals surface area contributed by atoms with E-state index < -0.39 is 17.3 Å². The summed E-state index contributed by atoms with van der Waals surface area (Å²) in [6.45, 7) is 9.80. The molecule has 38 heavy (non-hydrogen) atoms. The number of fused-ring (bicyclic) bond motifs is 3. The van der Waals surface area contributed by atoms with Gasteiger partial charge in [0.25, 0.3) is 5.56 Å². The van der Waals surface area contributed by atoms with Crippen LogP contribution in [0.3, 0.4) is 0 Å². The molecule has 0 aliphatic carbocycles. The Labute approximate surface area is 218 Å². The van der Waals surface area contributed by atoms with E-state index in [0.717, 1.165) is 12.0 Å². The summed E-state index contributed by atoms with van der Waals surface area (Å²) in [4.78, 5) is 26.8. The van der Waals surface area contributed by atoms with E-state index in [1.165, 1.54) is 34.4 Å². The maximum atomic E-state index is 13.9. The van der Waals surface area contributed by atoms with Gasteiger partial charge in [0.05, 0.1) is 12.3 Å². The van der Waals surface area contributed by atoms with Crippen molar-refractivity contribution in [1.29, 1.82) is 0 Å². The summed E-state index contributed by atoms with van der Waals surface area (Å²) < 4.78 is 28.0. The van der Waals surface area contributed by atoms with E-state index in [1.54, 1.807) is 18.2 Å². The first-order chi connectivity index (χ1) is 18.2. The molecule has 0 N–H and O–H groups in total. The number of carbonyl (C=O) groups is 1. The molecule has 1 unspecified atom stereocenters. The number of rotatable bonds is 7. The number of aromatic nitrogens is 4. The van der Waals surface area contributed by atoms with Crippen molar-refractivity contribution < 1.29 is 18.3 Å². The van der Waals surface area contributed by atoms with E-state index in [-0.39, 0.29) is 40.7 Å². The molecule has 0 radical (unpaired) electrons. The van der Waals surface area contributed by atoms with Crippen LogP contribution in [0, 0.1) is 18.7 Å². The Morgan fingerprint density at radius 2 is 1.74 bits per heavy atom. The smallest absolute Gasteiger partial charge is 0.342 e. The SMILES string of the molecule is CCOC(=O)c1c(C)oc2c1c(=O)n(-c1ccc(F)cc1)c1nnc(C(C)c3ccc(CC(C)C)cc3)n21. The summed E-state index contributed by atoms with van der Waals surface area (Å²) in [6.07, 6.45) is 0.982. The predicted octanol–water partition coefficient (Wildman–Crippen LogP) is 5.60. The van der Waals surface area contributed by atoms with Gasteiger partial charge in [0.15, 0.2) is 0 Å². The number of furan rings is 1. The second kappa shape index (κ2) is 9.89. The van der Waals surface area contributed by atoms with Crippen LogP contribution in [-0.4, -0.2) is 31.7 Å². The van der Waals surface area contributed by atoms with Crippen LogP contribution in [-0.2, 0) is 11.2 Å². The van der Waals surface area contributed by atoms with Gasteiger partial charge in [-0.25, -0.2) is 18.2 Å². The zero-order valence-corrected chi connectivity index (χ0v) is 22.0. The molecule has 5 rings (SSSR count). The van der Waals surface area contributed by atoms with E-state index >= 15 is 0 Å². The Bertz CT molecular complexity index is 1700. The molecular formula is C29H29FN4O4. The van der Waals surface area contributed by atoms with E-state index in [4.69, 9.17) is 9.15 Å². The van der Waals surface area contributed by atoms with Gasteiger partial charge in [-0.2, -0.15) is 0 Å². The molecule has 9 heteroatoms. The Balaban J connectivity index is 1.79. The van der Waals surface area contributed by atoms with Crippen LogP contribution in [0.5, 0.6) is 0 Å². The van der Waals surface area contributed by atoms with E-state index in [0.29, 0.717) is 17.4 Å². The van der Waals surface area contributed by atoms with Crippen molar-refractivity contribution in [2.24, 2.45) is 5.92 Å². The maximum absolute atomic E-state index is 13.9. The fraction of sp³-hybridized carbons (Fsp3) is 0.310. The molecule has 8 nitrogen and oxygen atoms in total. The minimum Gasteiger partial charge on any atom is -0.462 e. The van der Waals surface area contributed by atoms with Crippen LogP contribution >= 0.6 is 0 Å². The third-order valence-electron chi connectivity index (χ3n) is 6.63. The quantitative estimate of drug-likeness (QED) is 0.262. The third kappa shape index (κ3) is 4.27. The van der Waals surface area contributed by atoms with Gasteiger partial charge in [-0.1, -0.05) is 45.0 Å². The highest BCUT2D eigenvalue weighted by atomic mass is 19.1. The lowest BCUT2D eigenvalue weighted by atomic mass is 9.96. The van der Waals surface area contributed by atoms with E-state index in [2.05, 4.69) is 48.3 Å². The lowest BCUT2D eigenvalue weighted by Gasteiger charge is -2.13. The van der Waals surface area contributed by atoms with Gasteiger partial charge in [0.2, 0.25) is 11.5 Å². The summed E-state index contributed by atoms with van der Waals surface area (Å²) in [7, 11) is 0. The highest BCUT2D eigenvalue weighted by Gasteiger charge is 2.29. The number of halogens is 1. The fourth-order valence-corrected chi connectivity index (χ4v) is 4.83. The largest absolute Gasteiger partial charge is 0.462 e. The van der Waals surface area contributed by atoms with Crippen LogP contribution < -0.4 is 5.56 Å². The van der Waals surface area contributed by atoms with Gasteiger partial charge in [0.1, 0.15) is 28.4 Å². The molecule has 2 aromatic carbocycles. The van der Waals surface area contributed by atoms with Crippen molar-refractivity contribution in [2.75, 3.05) is 6.61 Å². The number of benzene rings is 2. The molecule has 3 aromatic heterocycles. The fourth-order valence-electron chi connectivity index (χ4n) is 4.83. The number of hydrogen-bond donors (Lipinski definition) is 0. The normalized spacial score (nSPS) is 12.5. The number of aryl methyl sites for hydroxylation is 1. The van der Waals surface area contributed by atoms with Gasteiger partial charge in [0, 0.05) is 5.92 Å². The molecule has 0 saturated heterocycles. The highest BCUT2D eigenvalue weighted by molar-refractivity contribution is 6.04. The minimum atomic E-state index is -0.658. The molecule has 196 valence electrons. The third-order valence-corrected chi connectivity index (χ3v) is 6.63. The molecule has 0 fully saturated rings. The van der Waals surface area contributed by atoms with Crippen LogP contribution in [0.2, 0.25) is 0 Å². The average Bonchev–Trinajstić information content (AvgIpc) is 3.46. The number of hydrogen-bond acceptors (Lipinski definition) is 6. The first kappa shape index (κ1) is 25.4. The summed E-state index contributed by atoms with van der Waals surface area (Å²) in [5.74, 6) is 0.191. The van der Waals surface area contributed by atoms with Gasteiger partial charge >= 0.3 is 5.97 Å². The topological polar surface area (TPSA) is 91.6 Å². The van der Waals surface area contributed by atoms with Crippen molar-refractivity contribution in [3.63, 3.8) is 0 Å². The lowest BCUT2D eigenvalue weighted by molar-refractivity contribution is 0.0526. The van der Waals surface area contributed by atoms with Crippen LogP contribution in [0.4, 0.5) is 4.39 Å². The van der Waals surface area contributed by atoms with Crippen molar-refractivity contribution in [2.45, 2.75) is 47.0 Å². The zero-order valence-electron chi connectivity index (χ0n) is 22.0. The average molecular weight is 517 g/mol. The Morgan fingerprint density at radius 1 is 1.05 bits per heavy atom. The highest BCUT2D eigenvalue weighted by Crippen LogP contribution is 2.30. The Kier molecular flexibility index (Phi) is 6.60. The zero-order chi connectivity index (χ0) is 27.1. The minimum absolute atomic E-state index is 0.0509. The molecule has 1 atom stereocenters. The lowest BCUT2D eigenvalue weighted by Crippen LogP contribution is -2.23. The van der Waals surface area contributed by atoms with E-state index in [1.807, 2.05) is 6.92 Å². The number of ether oxygens (including phenoxy) is 1. The summed E-state index contributed by atoms with van der Waals surface area (Å²) >= 11 is 0. The molecule has 5 aromatic rings. The predicted molar refractivity (Wildman–Crippen MR) is 142 cm³/mol. The molecule has 0 saturated carbocycles. The standard InChI is InChI=1S/C29H29FN4O4/c1-6-37-28(36)23-18(5)38-27-24(23)26(35)33(22-13-11-21(30)12-14-22)29-32-31-25(34(27)29)17(4)20-9-7-19(8-10-20)15-16(2)3/h7-14,16-17H,6,15H2,1-5H3. The van der Waals surface area contributed by atoms with Gasteiger partial charge < -0.3 is 9.15 Å². The second-order valence-corrected chi connectivity index (χ2v) is 9.81. The maximum Gasteiger partial charge on any atom is 0.342 e. The second-order valence-electron chi connectivity index (χ2n) is 9.81. The van der Waals surface area contributed by atoms with Crippen LogP contribution in [0.25, 0.3) is 22.6 Å². The van der Waals surface area contributed by atoms with Crippen LogP contribution in [0.15, 0.2) is 57.7 Å². The molecule has 0 amide bonds. The Morgan fingerprint density at radius 3 is 2.37 bits per heavy atom. The molecule has 0 spiro atoms. The van der Waals surface area contributed by atoms with Crippen molar-refractivity contribution in [1.82, 2.24) is 19.2 Å². The van der Waals surface area contributed by atoms with E-state index in [9.17, 15) is 14.0 Å². The van der Waals surface area contributed by atoms with Crippen molar-refractivity contribution in [3.8, 4) is 5.69 Å². The number of nitrogens with zero attached hydrogens (tertiary/aromatic N) is 4. The molecule has 3 heterocycles. The summed E-state index contributed by atoms with van der Waals surface area (Å²) in [6, 6.07) is 13.8. The van der Waals surface area contributed by atoms with Crippen molar-refractivity contribution in [3.05, 3.63) is 93.0 Å². The monoisotopic (exact) mass is 516 g/mol. The van der Waals surface area contributed by atoms with Crippen LogP contribution in [0.1, 0.15) is 66.7 Å². The first-order valence-corrected chi connectivity index (χ1v) is 12.7. The van der Waals surface area contributed by atoms with Gasteiger partial charge in [-0.3, -0.25) is 4.79 Å². The number of carbonyl (C=O) groups excluding carboxylic acids is 1. The van der Waals surface area contributed by atoms with Gasteiger partial charge in [-0.15, -0.1) is 10.2 Å². The van der Waals surface area contributed by atoms with Crippen molar-refractivity contribution >= 4 is 22.8 Å². The molecular weight excluding hydrogens is 487 g/mol. The summed E-state index contributed by atoms with van der Waals surface area (Å²) in [5, 5.41) is 8.87.